The molecule has 0 spiro atoms. The number of methoxy groups -OCH3 is 2. The summed E-state index contributed by atoms with van der Waals surface area (Å²) in [6.45, 7) is 8.61. The summed E-state index contributed by atoms with van der Waals surface area (Å²) >= 11 is 0. The summed E-state index contributed by atoms with van der Waals surface area (Å²) in [7, 11) is 2.94. The maximum atomic E-state index is 14.1. The first-order valence-corrected chi connectivity index (χ1v) is 17.3. The molecule has 0 aliphatic carbocycles. The highest BCUT2D eigenvalue weighted by Crippen LogP contribution is 2.32. The molecule has 2 unspecified atom stereocenters. The Labute approximate surface area is 300 Å². The van der Waals surface area contributed by atoms with Gasteiger partial charge in [-0.3, -0.25) is 0 Å². The predicted molar refractivity (Wildman–Crippen MR) is 190 cm³/mol. The number of rotatable bonds is 17. The lowest BCUT2D eigenvalue weighted by Crippen LogP contribution is -2.48. The molecule has 2 amide bonds. The predicted octanol–water partition coefficient (Wildman–Crippen LogP) is 6.91. The molecule has 0 bridgehead atoms. The van der Waals surface area contributed by atoms with Crippen molar-refractivity contribution in [3.8, 4) is 17.2 Å². The summed E-state index contributed by atoms with van der Waals surface area (Å²) in [6.07, 6.45) is 0.581. The van der Waals surface area contributed by atoms with Gasteiger partial charge in [0.1, 0.15) is 35.3 Å². The molecule has 1 aliphatic heterocycles. The molecule has 1 N–H and O–H groups in total. The highest BCUT2D eigenvalue weighted by molar-refractivity contribution is 5.68. The van der Waals surface area contributed by atoms with E-state index in [2.05, 4.69) is 10.1 Å². The van der Waals surface area contributed by atoms with Crippen molar-refractivity contribution >= 4 is 12.2 Å². The van der Waals surface area contributed by atoms with Crippen molar-refractivity contribution in [3.63, 3.8) is 0 Å². The lowest BCUT2D eigenvalue weighted by Gasteiger charge is -2.39. The van der Waals surface area contributed by atoms with Gasteiger partial charge in [0, 0.05) is 37.1 Å². The van der Waals surface area contributed by atoms with Crippen LogP contribution < -0.4 is 19.5 Å². The monoisotopic (exact) mass is 710 g/mol. The summed E-state index contributed by atoms with van der Waals surface area (Å²) in [6, 6.07) is 20.1. The summed E-state index contributed by atoms with van der Waals surface area (Å²) in [5.74, 6) is 1.52. The van der Waals surface area contributed by atoms with Gasteiger partial charge in [0.2, 0.25) is 0 Å². The molecule has 12 heteroatoms. The van der Waals surface area contributed by atoms with Crippen LogP contribution in [0.3, 0.4) is 0 Å². The van der Waals surface area contributed by atoms with Crippen molar-refractivity contribution in [1.29, 1.82) is 0 Å². The molecule has 1 heterocycles. The van der Waals surface area contributed by atoms with Crippen LogP contribution in [0.4, 0.5) is 14.0 Å². The van der Waals surface area contributed by atoms with Crippen LogP contribution in [0.2, 0.25) is 0 Å². The number of nitrogens with one attached hydrogen (secondary N) is 1. The number of para-hydroxylation sites is 1. The third-order valence-corrected chi connectivity index (χ3v) is 8.22. The Balaban J connectivity index is 1.31. The van der Waals surface area contributed by atoms with Gasteiger partial charge in [0.25, 0.3) is 0 Å². The fraction of sp³-hybridized carbons (Fsp3) is 0.487. The number of carbonyl (C=O) groups is 2. The zero-order valence-electron chi connectivity index (χ0n) is 30.3. The number of hydrogen-bond donors (Lipinski definition) is 1. The molecule has 278 valence electrons. The number of piperidine rings is 1. The van der Waals surface area contributed by atoms with E-state index < -0.39 is 17.5 Å². The first-order valence-electron chi connectivity index (χ1n) is 17.3. The number of ether oxygens (including phenoxy) is 7. The Morgan fingerprint density at radius 3 is 2.43 bits per heavy atom. The van der Waals surface area contributed by atoms with E-state index >= 15 is 0 Å². The fourth-order valence-corrected chi connectivity index (χ4v) is 5.72. The van der Waals surface area contributed by atoms with E-state index in [1.54, 1.807) is 18.1 Å². The number of halogens is 1. The first kappa shape index (κ1) is 39.2. The van der Waals surface area contributed by atoms with Gasteiger partial charge in [-0.25, -0.2) is 14.0 Å². The largest absolute Gasteiger partial charge is 0.496 e. The molecular formula is C39H51FN2O9. The van der Waals surface area contributed by atoms with E-state index in [4.69, 9.17) is 28.4 Å². The van der Waals surface area contributed by atoms with Gasteiger partial charge < -0.3 is 43.4 Å². The van der Waals surface area contributed by atoms with E-state index in [9.17, 15) is 14.0 Å². The van der Waals surface area contributed by atoms with Crippen LogP contribution in [0.25, 0.3) is 0 Å². The van der Waals surface area contributed by atoms with E-state index in [1.165, 1.54) is 19.2 Å². The van der Waals surface area contributed by atoms with Crippen LogP contribution in [0.5, 0.6) is 17.2 Å². The van der Waals surface area contributed by atoms with Gasteiger partial charge >= 0.3 is 12.2 Å². The molecule has 0 saturated carbocycles. The van der Waals surface area contributed by atoms with Crippen LogP contribution in [0.15, 0.2) is 66.7 Å². The molecule has 3 aromatic carbocycles. The molecule has 3 aromatic rings. The van der Waals surface area contributed by atoms with Crippen LogP contribution in [0.1, 0.15) is 56.2 Å². The minimum Gasteiger partial charge on any atom is -0.496 e. The zero-order chi connectivity index (χ0) is 36.6. The van der Waals surface area contributed by atoms with Crippen LogP contribution in [0, 0.1) is 5.82 Å². The van der Waals surface area contributed by atoms with Crippen LogP contribution in [-0.2, 0) is 32.0 Å². The average molecular weight is 711 g/mol. The lowest BCUT2D eigenvalue weighted by molar-refractivity contribution is -0.0358. The van der Waals surface area contributed by atoms with Crippen molar-refractivity contribution < 1.29 is 47.1 Å². The topological polar surface area (TPSA) is 114 Å². The molecule has 0 aromatic heterocycles. The van der Waals surface area contributed by atoms with Gasteiger partial charge in [-0.2, -0.15) is 0 Å². The summed E-state index contributed by atoms with van der Waals surface area (Å²) in [5, 5.41) is 2.62. The molecule has 51 heavy (non-hydrogen) atoms. The Bertz CT molecular complexity index is 1530. The lowest BCUT2D eigenvalue weighted by atomic mass is 9.87. The van der Waals surface area contributed by atoms with E-state index in [-0.39, 0.29) is 31.3 Å². The highest BCUT2D eigenvalue weighted by Gasteiger charge is 2.35. The second-order valence-electron chi connectivity index (χ2n) is 13.1. The van der Waals surface area contributed by atoms with Crippen LogP contribution >= 0.6 is 0 Å². The minimum atomic E-state index is -0.620. The molecule has 0 radical (unpaired) electrons. The third kappa shape index (κ3) is 12.9. The smallest absolute Gasteiger partial charge is 0.410 e. The quantitative estimate of drug-likeness (QED) is 0.149. The van der Waals surface area contributed by atoms with Crippen molar-refractivity contribution in [2.75, 3.05) is 60.3 Å². The van der Waals surface area contributed by atoms with E-state index in [0.717, 1.165) is 34.6 Å². The molecule has 2 atom stereocenters. The molecule has 1 fully saturated rings. The maximum Gasteiger partial charge on any atom is 0.410 e. The fourth-order valence-electron chi connectivity index (χ4n) is 5.72. The number of hydrogen-bond acceptors (Lipinski definition) is 9. The molecule has 1 saturated heterocycles. The minimum absolute atomic E-state index is 0.00948. The van der Waals surface area contributed by atoms with E-state index in [0.29, 0.717) is 58.0 Å². The molecule has 11 nitrogen and oxygen atoms in total. The summed E-state index contributed by atoms with van der Waals surface area (Å²) in [4.78, 5) is 26.1. The third-order valence-electron chi connectivity index (χ3n) is 8.22. The number of likely N-dealkylation sites (tertiary alicyclic amines) is 1. The maximum absolute atomic E-state index is 14.1. The SMILES string of the molecule is COC(=O)NCCc1ccc(F)cc1OCCOC1CN(C(=O)OC(C)(C)C)CCC1c1ccc(OCCCOCc2ccccc2OC)cc1. The van der Waals surface area contributed by atoms with Gasteiger partial charge in [0.15, 0.2) is 0 Å². The molecule has 1 aliphatic rings. The number of carbonyl (C=O) groups excluding carboxylic acids is 2. The molecular weight excluding hydrogens is 659 g/mol. The van der Waals surface area contributed by atoms with E-state index in [1.807, 2.05) is 69.3 Å². The van der Waals surface area contributed by atoms with Gasteiger partial charge in [-0.05, 0) is 69.0 Å². The standard InChI is InChI=1S/C39H51FN2O9/c1-39(2,3)51-38(44)42-20-18-33(28-12-15-32(16-13-28)48-22-8-21-47-27-30-9-6-7-10-34(30)45-4)36(26-42)50-24-23-49-35-25-31(40)14-11-29(35)17-19-41-37(43)46-5/h6-7,9-16,25,33,36H,8,17-24,26-27H2,1-5H3,(H,41,43). The first-order chi connectivity index (χ1) is 24.6. The zero-order valence-corrected chi connectivity index (χ0v) is 30.3. The Hall–Kier alpha value is -4.55. The summed E-state index contributed by atoms with van der Waals surface area (Å²) < 4.78 is 53.8. The number of amides is 2. The number of benzene rings is 3. The van der Waals surface area contributed by atoms with Crippen molar-refractivity contribution in [3.05, 3.63) is 89.2 Å². The Morgan fingerprint density at radius 1 is 0.902 bits per heavy atom. The Morgan fingerprint density at radius 2 is 1.69 bits per heavy atom. The second-order valence-corrected chi connectivity index (χ2v) is 13.1. The number of nitrogens with zero attached hydrogens (tertiary/aromatic N) is 1. The van der Waals surface area contributed by atoms with Crippen molar-refractivity contribution in [1.82, 2.24) is 10.2 Å². The highest BCUT2D eigenvalue weighted by atomic mass is 19.1. The average Bonchev–Trinajstić information content (AvgIpc) is 3.12. The Kier molecular flexibility index (Phi) is 15.2. The van der Waals surface area contributed by atoms with Gasteiger partial charge in [-0.1, -0.05) is 36.4 Å². The van der Waals surface area contributed by atoms with Gasteiger partial charge in [-0.15, -0.1) is 0 Å². The van der Waals surface area contributed by atoms with Crippen molar-refractivity contribution in [2.24, 2.45) is 0 Å². The molecule has 4 rings (SSSR count). The van der Waals surface area contributed by atoms with Gasteiger partial charge in [0.05, 0.1) is 53.3 Å². The van der Waals surface area contributed by atoms with Crippen molar-refractivity contribution in [2.45, 2.75) is 64.3 Å². The number of alkyl carbamates (subject to hydrolysis) is 1. The van der Waals surface area contributed by atoms with Crippen LogP contribution in [-0.4, -0.2) is 89.1 Å². The second kappa shape index (κ2) is 19.7. The summed E-state index contributed by atoms with van der Waals surface area (Å²) in [5.41, 5.74) is 2.19. The normalized spacial score (nSPS) is 15.9.